The van der Waals surface area contributed by atoms with E-state index in [1.165, 1.54) is 48.5 Å². The van der Waals surface area contributed by atoms with E-state index in [2.05, 4.69) is 10.6 Å². The molecule has 0 aromatic heterocycles. The Bertz CT molecular complexity index is 977. The van der Waals surface area contributed by atoms with Crippen LogP contribution >= 0.6 is 11.6 Å². The number of nitrogens with one attached hydrogen (secondary N) is 2. The standard InChI is InChI=1S/C18H13ClFN3O4/c19-11-7-10(5-6-15(11)24)8-14-17(26)23(18(27)22-14)9-16(25)21-13-4-2-1-3-12(13)20/h1-8,24H,9H2,(H,21,25)(H,22,27)/b14-8+. The van der Waals surface area contributed by atoms with Crippen molar-refractivity contribution < 1.29 is 23.9 Å². The third-order valence-electron chi connectivity index (χ3n) is 3.69. The zero-order chi connectivity index (χ0) is 19.6. The molecule has 0 atom stereocenters. The predicted molar refractivity (Wildman–Crippen MR) is 96.4 cm³/mol. The van der Waals surface area contributed by atoms with Crippen LogP contribution in [0.15, 0.2) is 48.2 Å². The second-order valence-corrected chi connectivity index (χ2v) is 6.03. The summed E-state index contributed by atoms with van der Waals surface area (Å²) in [7, 11) is 0. The molecule has 1 aliphatic heterocycles. The zero-order valence-corrected chi connectivity index (χ0v) is 14.5. The smallest absolute Gasteiger partial charge is 0.329 e. The number of hydrogen-bond acceptors (Lipinski definition) is 4. The number of nitrogens with zero attached hydrogens (tertiary/aromatic N) is 1. The predicted octanol–water partition coefficient (Wildman–Crippen LogP) is 2.72. The molecule has 1 fully saturated rings. The molecule has 1 heterocycles. The molecule has 0 radical (unpaired) electrons. The average Bonchev–Trinajstić information content (AvgIpc) is 2.88. The summed E-state index contributed by atoms with van der Waals surface area (Å²) >= 11 is 5.81. The monoisotopic (exact) mass is 389 g/mol. The van der Waals surface area contributed by atoms with E-state index in [1.54, 1.807) is 0 Å². The number of rotatable bonds is 4. The minimum Gasteiger partial charge on any atom is -0.506 e. The number of urea groups is 1. The Balaban J connectivity index is 1.72. The lowest BCUT2D eigenvalue weighted by molar-refractivity contribution is -0.127. The van der Waals surface area contributed by atoms with Crippen LogP contribution < -0.4 is 10.6 Å². The van der Waals surface area contributed by atoms with Crippen molar-refractivity contribution in [3.8, 4) is 5.75 Å². The number of imide groups is 1. The summed E-state index contributed by atoms with van der Waals surface area (Å²) in [5.41, 5.74) is 0.364. The molecular weight excluding hydrogens is 377 g/mol. The van der Waals surface area contributed by atoms with Crippen molar-refractivity contribution in [1.82, 2.24) is 10.2 Å². The van der Waals surface area contributed by atoms with Gasteiger partial charge >= 0.3 is 6.03 Å². The molecule has 1 aliphatic rings. The van der Waals surface area contributed by atoms with E-state index in [9.17, 15) is 23.9 Å². The van der Waals surface area contributed by atoms with E-state index in [-0.39, 0.29) is 22.2 Å². The Morgan fingerprint density at radius 3 is 2.70 bits per heavy atom. The van der Waals surface area contributed by atoms with Crippen LogP contribution in [0, 0.1) is 5.82 Å². The van der Waals surface area contributed by atoms with Gasteiger partial charge in [0.25, 0.3) is 5.91 Å². The number of carbonyl (C=O) groups is 3. The fourth-order valence-corrected chi connectivity index (χ4v) is 2.58. The number of halogens is 2. The first-order valence-electron chi connectivity index (χ1n) is 7.72. The van der Waals surface area contributed by atoms with E-state index in [1.807, 2.05) is 0 Å². The van der Waals surface area contributed by atoms with Crippen molar-refractivity contribution >= 4 is 41.2 Å². The van der Waals surface area contributed by atoms with Gasteiger partial charge in [-0.2, -0.15) is 0 Å². The van der Waals surface area contributed by atoms with Gasteiger partial charge in [0.2, 0.25) is 5.91 Å². The number of aromatic hydroxyl groups is 1. The van der Waals surface area contributed by atoms with E-state index in [0.29, 0.717) is 10.5 Å². The van der Waals surface area contributed by atoms with Gasteiger partial charge in [-0.15, -0.1) is 0 Å². The van der Waals surface area contributed by atoms with Gasteiger partial charge in [-0.3, -0.25) is 9.59 Å². The SMILES string of the molecule is O=C(CN1C(=O)N/C(=C/c2ccc(O)c(Cl)c2)C1=O)Nc1ccccc1F. The Morgan fingerprint density at radius 1 is 1.26 bits per heavy atom. The molecule has 138 valence electrons. The Morgan fingerprint density at radius 2 is 2.00 bits per heavy atom. The molecule has 3 rings (SSSR count). The topological polar surface area (TPSA) is 98.7 Å². The number of benzene rings is 2. The van der Waals surface area contributed by atoms with Crippen LogP contribution in [-0.2, 0) is 9.59 Å². The number of phenols is 1. The number of phenolic OH excluding ortho intramolecular Hbond substituents is 1. The summed E-state index contributed by atoms with van der Waals surface area (Å²) in [5, 5.41) is 14.2. The molecule has 4 amide bonds. The van der Waals surface area contributed by atoms with Crippen LogP contribution in [0.3, 0.4) is 0 Å². The van der Waals surface area contributed by atoms with Crippen LogP contribution in [0.1, 0.15) is 5.56 Å². The second-order valence-electron chi connectivity index (χ2n) is 5.62. The first kappa shape index (κ1) is 18.4. The van der Waals surface area contributed by atoms with Gasteiger partial charge in [0, 0.05) is 0 Å². The van der Waals surface area contributed by atoms with Gasteiger partial charge in [0.05, 0.1) is 10.7 Å². The van der Waals surface area contributed by atoms with Crippen molar-refractivity contribution in [2.45, 2.75) is 0 Å². The minimum absolute atomic E-state index is 0.0518. The number of hydrogen-bond donors (Lipinski definition) is 3. The van der Waals surface area contributed by atoms with Gasteiger partial charge in [0.1, 0.15) is 23.8 Å². The van der Waals surface area contributed by atoms with Crippen molar-refractivity contribution in [1.29, 1.82) is 0 Å². The maximum atomic E-state index is 13.6. The average molecular weight is 390 g/mol. The maximum Gasteiger partial charge on any atom is 0.329 e. The molecule has 1 saturated heterocycles. The van der Waals surface area contributed by atoms with Gasteiger partial charge in [-0.05, 0) is 35.9 Å². The second kappa shape index (κ2) is 7.46. The fraction of sp³-hybridized carbons (Fsp3) is 0.0556. The lowest BCUT2D eigenvalue weighted by atomic mass is 10.2. The Hall–Kier alpha value is -3.39. The van der Waals surface area contributed by atoms with E-state index >= 15 is 0 Å². The van der Waals surface area contributed by atoms with E-state index < -0.39 is 30.2 Å². The maximum absolute atomic E-state index is 13.6. The normalized spacial score (nSPS) is 15.2. The molecule has 0 unspecified atom stereocenters. The molecule has 2 aromatic carbocycles. The van der Waals surface area contributed by atoms with Crippen LogP contribution in [0.25, 0.3) is 6.08 Å². The van der Waals surface area contributed by atoms with Gasteiger partial charge in [-0.1, -0.05) is 29.8 Å². The zero-order valence-electron chi connectivity index (χ0n) is 13.7. The quantitative estimate of drug-likeness (QED) is 0.553. The number of anilines is 1. The van der Waals surface area contributed by atoms with Gasteiger partial charge in [0.15, 0.2) is 0 Å². The Kier molecular flexibility index (Phi) is 5.09. The molecule has 27 heavy (non-hydrogen) atoms. The van der Waals surface area contributed by atoms with Crippen LogP contribution in [0.5, 0.6) is 5.75 Å². The first-order valence-corrected chi connectivity index (χ1v) is 8.10. The molecule has 0 bridgehead atoms. The summed E-state index contributed by atoms with van der Waals surface area (Å²) in [5.74, 6) is -2.19. The highest BCUT2D eigenvalue weighted by atomic mass is 35.5. The van der Waals surface area contributed by atoms with Crippen molar-refractivity contribution in [3.05, 3.63) is 64.6 Å². The molecular formula is C18H13ClFN3O4. The highest BCUT2D eigenvalue weighted by Crippen LogP contribution is 2.25. The van der Waals surface area contributed by atoms with Crippen LogP contribution in [0.4, 0.5) is 14.9 Å². The van der Waals surface area contributed by atoms with Crippen molar-refractivity contribution in [2.24, 2.45) is 0 Å². The summed E-state index contributed by atoms with van der Waals surface area (Å²) in [6, 6.07) is 9.02. The molecule has 9 heteroatoms. The van der Waals surface area contributed by atoms with E-state index in [4.69, 9.17) is 11.6 Å². The van der Waals surface area contributed by atoms with Gasteiger partial charge in [-0.25, -0.2) is 14.1 Å². The first-order chi connectivity index (χ1) is 12.8. The summed E-state index contributed by atoms with van der Waals surface area (Å²) in [4.78, 5) is 37.1. The third-order valence-corrected chi connectivity index (χ3v) is 4.00. The molecule has 0 spiro atoms. The van der Waals surface area contributed by atoms with Crippen LogP contribution in [-0.4, -0.2) is 34.4 Å². The van der Waals surface area contributed by atoms with Crippen LogP contribution in [0.2, 0.25) is 5.02 Å². The van der Waals surface area contributed by atoms with Crippen molar-refractivity contribution in [3.63, 3.8) is 0 Å². The molecule has 3 N–H and O–H groups in total. The summed E-state index contributed by atoms with van der Waals surface area (Å²) < 4.78 is 13.6. The molecule has 0 aliphatic carbocycles. The van der Waals surface area contributed by atoms with Gasteiger partial charge < -0.3 is 15.7 Å². The fourth-order valence-electron chi connectivity index (χ4n) is 2.39. The highest BCUT2D eigenvalue weighted by molar-refractivity contribution is 6.32. The summed E-state index contributed by atoms with van der Waals surface area (Å²) in [6.45, 7) is -0.577. The highest BCUT2D eigenvalue weighted by Gasteiger charge is 2.35. The number of amides is 4. The summed E-state index contributed by atoms with van der Waals surface area (Å²) in [6.07, 6.45) is 1.36. The molecule has 0 saturated carbocycles. The lowest BCUT2D eigenvalue weighted by Crippen LogP contribution is -2.38. The number of para-hydroxylation sites is 1. The number of carbonyl (C=O) groups excluding carboxylic acids is 3. The Labute approximate surface area is 158 Å². The third kappa shape index (κ3) is 4.06. The lowest BCUT2D eigenvalue weighted by Gasteiger charge is -2.12. The van der Waals surface area contributed by atoms with Crippen molar-refractivity contribution in [2.75, 3.05) is 11.9 Å². The molecule has 2 aromatic rings. The van der Waals surface area contributed by atoms with E-state index in [0.717, 1.165) is 0 Å². The molecule has 7 nitrogen and oxygen atoms in total. The largest absolute Gasteiger partial charge is 0.506 e. The minimum atomic E-state index is -0.778.